The van der Waals surface area contributed by atoms with Crippen LogP contribution < -0.4 is 10.1 Å². The largest absolute Gasteiger partial charge is 0.484 e. The van der Waals surface area contributed by atoms with Crippen molar-refractivity contribution in [2.45, 2.75) is 26.8 Å². The van der Waals surface area contributed by atoms with Crippen LogP contribution in [0.2, 0.25) is 0 Å². The quantitative estimate of drug-likeness (QED) is 0.909. The van der Waals surface area contributed by atoms with Crippen LogP contribution in [0.4, 0.5) is 8.78 Å². The van der Waals surface area contributed by atoms with Crippen molar-refractivity contribution in [1.29, 1.82) is 0 Å². The molecule has 2 rings (SSSR count). The molecule has 3 nitrogen and oxygen atoms in total. The summed E-state index contributed by atoms with van der Waals surface area (Å²) in [6.45, 7) is 5.65. The number of hydrogen-bond donors (Lipinski definition) is 1. The van der Waals surface area contributed by atoms with Gasteiger partial charge in [-0.2, -0.15) is 0 Å². The van der Waals surface area contributed by atoms with E-state index in [1.165, 1.54) is 11.6 Å². The third kappa shape index (κ3) is 4.52. The Kier molecular flexibility index (Phi) is 5.32. The van der Waals surface area contributed by atoms with Gasteiger partial charge in [-0.1, -0.05) is 18.2 Å². The summed E-state index contributed by atoms with van der Waals surface area (Å²) in [6, 6.07) is 8.97. The third-order valence-electron chi connectivity index (χ3n) is 3.67. The van der Waals surface area contributed by atoms with Crippen molar-refractivity contribution in [3.8, 4) is 5.75 Å². The maximum atomic E-state index is 13.0. The van der Waals surface area contributed by atoms with Crippen LogP contribution in [0, 0.1) is 25.5 Å². The number of carbonyl (C=O) groups excluding carboxylic acids is 1. The minimum atomic E-state index is -1.01. The molecule has 0 radical (unpaired) electrons. The molecule has 0 saturated heterocycles. The summed E-state index contributed by atoms with van der Waals surface area (Å²) in [4.78, 5) is 11.9. The Morgan fingerprint density at radius 3 is 2.48 bits per heavy atom. The van der Waals surface area contributed by atoms with Crippen LogP contribution >= 0.6 is 0 Å². The van der Waals surface area contributed by atoms with Crippen molar-refractivity contribution < 1.29 is 18.3 Å². The zero-order valence-corrected chi connectivity index (χ0v) is 13.3. The van der Waals surface area contributed by atoms with Gasteiger partial charge in [-0.25, -0.2) is 8.78 Å². The molecule has 1 amide bonds. The Bertz CT molecular complexity index is 716. The van der Waals surface area contributed by atoms with E-state index in [0.29, 0.717) is 0 Å². The lowest BCUT2D eigenvalue weighted by Gasteiger charge is -2.16. The van der Waals surface area contributed by atoms with Crippen LogP contribution in [0.5, 0.6) is 5.75 Å². The summed E-state index contributed by atoms with van der Waals surface area (Å²) in [7, 11) is 0. The fourth-order valence-electron chi connectivity index (χ4n) is 2.12. The normalized spacial score (nSPS) is 11.9. The van der Waals surface area contributed by atoms with Gasteiger partial charge in [0.15, 0.2) is 18.2 Å². The molecule has 0 aliphatic rings. The second-order valence-electron chi connectivity index (χ2n) is 5.50. The van der Waals surface area contributed by atoms with E-state index in [9.17, 15) is 13.6 Å². The molecular formula is C18H19F2NO2. The molecule has 0 aliphatic carbocycles. The number of carbonyl (C=O) groups is 1. The van der Waals surface area contributed by atoms with Gasteiger partial charge in [0.1, 0.15) is 5.75 Å². The van der Waals surface area contributed by atoms with E-state index >= 15 is 0 Å². The number of halogens is 2. The van der Waals surface area contributed by atoms with Gasteiger partial charge in [0, 0.05) is 6.07 Å². The van der Waals surface area contributed by atoms with E-state index in [2.05, 4.69) is 5.32 Å². The first-order chi connectivity index (χ1) is 10.9. The predicted octanol–water partition coefficient (Wildman–Crippen LogP) is 3.84. The maximum Gasteiger partial charge on any atom is 0.258 e. The monoisotopic (exact) mass is 319 g/mol. The summed E-state index contributed by atoms with van der Waals surface area (Å²) in [6.07, 6.45) is 0. The number of nitrogens with one attached hydrogen (secondary N) is 1. The first-order valence-corrected chi connectivity index (χ1v) is 7.31. The smallest absolute Gasteiger partial charge is 0.258 e. The summed E-state index contributed by atoms with van der Waals surface area (Å²) < 4.78 is 31.0. The zero-order chi connectivity index (χ0) is 17.0. The van der Waals surface area contributed by atoms with Crippen molar-refractivity contribution in [3.05, 3.63) is 64.7 Å². The van der Waals surface area contributed by atoms with Crippen LogP contribution in [0.1, 0.15) is 29.7 Å². The van der Waals surface area contributed by atoms with Crippen LogP contribution in [-0.4, -0.2) is 12.5 Å². The van der Waals surface area contributed by atoms with Crippen LogP contribution in [0.15, 0.2) is 36.4 Å². The second kappa shape index (κ2) is 7.22. The molecule has 1 unspecified atom stereocenters. The molecule has 0 aromatic heterocycles. The SMILES string of the molecule is Cc1ccc(C(C)NC(=O)COc2ccc(F)c(F)c2)cc1C. The Labute approximate surface area is 134 Å². The maximum absolute atomic E-state index is 13.0. The fourth-order valence-corrected chi connectivity index (χ4v) is 2.12. The Morgan fingerprint density at radius 1 is 1.09 bits per heavy atom. The lowest BCUT2D eigenvalue weighted by molar-refractivity contribution is -0.123. The summed E-state index contributed by atoms with van der Waals surface area (Å²) >= 11 is 0. The van der Waals surface area contributed by atoms with Crippen molar-refractivity contribution in [2.75, 3.05) is 6.61 Å². The lowest BCUT2D eigenvalue weighted by atomic mass is 10.0. The minimum absolute atomic E-state index is 0.109. The molecule has 2 aromatic carbocycles. The molecule has 122 valence electrons. The van der Waals surface area contributed by atoms with Crippen LogP contribution in [-0.2, 0) is 4.79 Å². The highest BCUT2D eigenvalue weighted by Gasteiger charge is 2.11. The van der Waals surface area contributed by atoms with Gasteiger partial charge in [0.2, 0.25) is 0 Å². The minimum Gasteiger partial charge on any atom is -0.484 e. The molecule has 0 spiro atoms. The highest BCUT2D eigenvalue weighted by molar-refractivity contribution is 5.78. The van der Waals surface area contributed by atoms with E-state index in [0.717, 1.165) is 23.3 Å². The molecule has 0 aliphatic heterocycles. The highest BCUT2D eigenvalue weighted by Crippen LogP contribution is 2.17. The second-order valence-corrected chi connectivity index (χ2v) is 5.50. The van der Waals surface area contributed by atoms with Gasteiger partial charge in [-0.15, -0.1) is 0 Å². The van der Waals surface area contributed by atoms with E-state index in [-0.39, 0.29) is 24.3 Å². The van der Waals surface area contributed by atoms with E-state index in [1.807, 2.05) is 39.0 Å². The molecule has 0 bridgehead atoms. The molecule has 0 heterocycles. The Morgan fingerprint density at radius 2 is 1.83 bits per heavy atom. The summed E-state index contributed by atoms with van der Waals surface area (Å²) in [5.41, 5.74) is 3.34. The molecular weight excluding hydrogens is 300 g/mol. The average Bonchev–Trinajstić information content (AvgIpc) is 2.51. The predicted molar refractivity (Wildman–Crippen MR) is 84.3 cm³/mol. The van der Waals surface area contributed by atoms with Gasteiger partial charge < -0.3 is 10.1 Å². The first-order valence-electron chi connectivity index (χ1n) is 7.31. The number of amides is 1. The number of ether oxygens (including phenoxy) is 1. The molecule has 0 saturated carbocycles. The fraction of sp³-hybridized carbons (Fsp3) is 0.278. The van der Waals surface area contributed by atoms with Crippen LogP contribution in [0.3, 0.4) is 0 Å². The van der Waals surface area contributed by atoms with Gasteiger partial charge >= 0.3 is 0 Å². The number of benzene rings is 2. The molecule has 5 heteroatoms. The van der Waals surface area contributed by atoms with E-state index < -0.39 is 11.6 Å². The zero-order valence-electron chi connectivity index (χ0n) is 13.3. The van der Waals surface area contributed by atoms with Gasteiger partial charge in [0.25, 0.3) is 5.91 Å². The Hall–Kier alpha value is -2.43. The molecule has 1 N–H and O–H groups in total. The summed E-state index contributed by atoms with van der Waals surface area (Å²) in [5, 5.41) is 2.81. The lowest BCUT2D eigenvalue weighted by Crippen LogP contribution is -2.31. The third-order valence-corrected chi connectivity index (χ3v) is 3.67. The molecule has 1 atom stereocenters. The number of hydrogen-bond acceptors (Lipinski definition) is 2. The average molecular weight is 319 g/mol. The van der Waals surface area contributed by atoms with Crippen molar-refractivity contribution in [3.63, 3.8) is 0 Å². The molecule has 23 heavy (non-hydrogen) atoms. The number of aryl methyl sites for hydroxylation is 2. The first kappa shape index (κ1) is 16.9. The highest BCUT2D eigenvalue weighted by atomic mass is 19.2. The topological polar surface area (TPSA) is 38.3 Å². The molecule has 0 fully saturated rings. The standard InChI is InChI=1S/C18H19F2NO2/c1-11-4-5-14(8-12(11)2)13(3)21-18(22)10-23-15-6-7-16(19)17(20)9-15/h4-9,13H,10H2,1-3H3,(H,21,22). The summed E-state index contributed by atoms with van der Waals surface area (Å²) in [5.74, 6) is -2.19. The number of rotatable bonds is 5. The van der Waals surface area contributed by atoms with Crippen molar-refractivity contribution >= 4 is 5.91 Å². The van der Waals surface area contributed by atoms with Gasteiger partial charge in [-0.05, 0) is 49.6 Å². The Balaban J connectivity index is 1.90. The van der Waals surface area contributed by atoms with E-state index in [1.54, 1.807) is 0 Å². The van der Waals surface area contributed by atoms with Gasteiger partial charge in [0.05, 0.1) is 6.04 Å². The molecule has 2 aromatic rings. The van der Waals surface area contributed by atoms with E-state index in [4.69, 9.17) is 4.74 Å². The van der Waals surface area contributed by atoms with Gasteiger partial charge in [-0.3, -0.25) is 4.79 Å². The van der Waals surface area contributed by atoms with Crippen molar-refractivity contribution in [1.82, 2.24) is 5.32 Å². The van der Waals surface area contributed by atoms with Crippen molar-refractivity contribution in [2.24, 2.45) is 0 Å². The van der Waals surface area contributed by atoms with Crippen LogP contribution in [0.25, 0.3) is 0 Å².